The highest BCUT2D eigenvalue weighted by Crippen LogP contribution is 2.40. The van der Waals surface area contributed by atoms with Gasteiger partial charge in [-0.25, -0.2) is 0 Å². The van der Waals surface area contributed by atoms with Crippen molar-refractivity contribution < 1.29 is 9.90 Å². The topological polar surface area (TPSA) is 49.3 Å². The van der Waals surface area contributed by atoms with E-state index in [1.54, 1.807) is 6.92 Å². The van der Waals surface area contributed by atoms with Gasteiger partial charge in [-0.2, -0.15) is 0 Å². The first-order valence-electron chi connectivity index (χ1n) is 7.37. The van der Waals surface area contributed by atoms with Crippen molar-refractivity contribution in [1.29, 1.82) is 0 Å². The van der Waals surface area contributed by atoms with Crippen molar-refractivity contribution in [2.24, 2.45) is 5.41 Å². The molecule has 1 fully saturated rings. The molecule has 0 amide bonds. The second-order valence-electron chi connectivity index (χ2n) is 6.88. The highest BCUT2D eigenvalue weighted by molar-refractivity contribution is 5.94. The SMILES string of the molecule is CC(=O)c1ccc(NCC2(O)CCC(C)(C)CC2)cc1. The first-order valence-corrected chi connectivity index (χ1v) is 7.37. The minimum Gasteiger partial charge on any atom is -0.388 e. The van der Waals surface area contributed by atoms with E-state index in [1.807, 2.05) is 24.3 Å². The van der Waals surface area contributed by atoms with E-state index in [-0.39, 0.29) is 5.78 Å². The van der Waals surface area contributed by atoms with E-state index < -0.39 is 5.60 Å². The van der Waals surface area contributed by atoms with Crippen LogP contribution < -0.4 is 5.32 Å². The van der Waals surface area contributed by atoms with Gasteiger partial charge in [-0.05, 0) is 62.3 Å². The molecule has 1 saturated carbocycles. The minimum absolute atomic E-state index is 0.0738. The molecular weight excluding hydrogens is 250 g/mol. The van der Waals surface area contributed by atoms with Gasteiger partial charge in [-0.3, -0.25) is 4.79 Å². The smallest absolute Gasteiger partial charge is 0.159 e. The lowest BCUT2D eigenvalue weighted by Crippen LogP contribution is -2.42. The third-order valence-electron chi connectivity index (χ3n) is 4.45. The average Bonchev–Trinajstić information content (AvgIpc) is 2.41. The van der Waals surface area contributed by atoms with E-state index in [0.29, 0.717) is 17.5 Å². The molecule has 0 atom stereocenters. The number of benzene rings is 1. The molecule has 1 aliphatic rings. The van der Waals surface area contributed by atoms with Gasteiger partial charge >= 0.3 is 0 Å². The fraction of sp³-hybridized carbons (Fsp3) is 0.588. The number of hydrogen-bond donors (Lipinski definition) is 2. The Labute approximate surface area is 121 Å². The summed E-state index contributed by atoms with van der Waals surface area (Å²) in [5, 5.41) is 13.9. The number of carbonyl (C=O) groups is 1. The molecule has 3 nitrogen and oxygen atoms in total. The van der Waals surface area contributed by atoms with Crippen LogP contribution in [-0.2, 0) is 0 Å². The van der Waals surface area contributed by atoms with Crippen LogP contribution in [-0.4, -0.2) is 23.0 Å². The summed E-state index contributed by atoms with van der Waals surface area (Å²) in [5.74, 6) is 0.0738. The van der Waals surface area contributed by atoms with Gasteiger partial charge in [0.15, 0.2) is 5.78 Å². The zero-order chi connectivity index (χ0) is 14.8. The number of hydrogen-bond acceptors (Lipinski definition) is 3. The molecule has 1 aromatic rings. The average molecular weight is 275 g/mol. The van der Waals surface area contributed by atoms with Crippen LogP contribution in [0.3, 0.4) is 0 Å². The quantitative estimate of drug-likeness (QED) is 0.825. The maximum atomic E-state index is 11.2. The van der Waals surface area contributed by atoms with E-state index in [0.717, 1.165) is 31.4 Å². The number of ketones is 1. The second kappa shape index (κ2) is 5.57. The summed E-state index contributed by atoms with van der Waals surface area (Å²) < 4.78 is 0. The number of nitrogens with one attached hydrogen (secondary N) is 1. The molecule has 0 saturated heterocycles. The summed E-state index contributed by atoms with van der Waals surface area (Å²) in [7, 11) is 0. The largest absolute Gasteiger partial charge is 0.388 e. The van der Waals surface area contributed by atoms with E-state index >= 15 is 0 Å². The van der Waals surface area contributed by atoms with Crippen molar-refractivity contribution in [3.8, 4) is 0 Å². The molecule has 0 radical (unpaired) electrons. The predicted octanol–water partition coefficient (Wildman–Crippen LogP) is 3.63. The zero-order valence-electron chi connectivity index (χ0n) is 12.7. The standard InChI is InChI=1S/C17H25NO2/c1-13(19)14-4-6-15(7-5-14)18-12-17(20)10-8-16(2,3)9-11-17/h4-7,18,20H,8-12H2,1-3H3. The summed E-state index contributed by atoms with van der Waals surface area (Å²) in [4.78, 5) is 11.2. The van der Waals surface area contributed by atoms with Crippen LogP contribution in [0.2, 0.25) is 0 Å². The lowest BCUT2D eigenvalue weighted by molar-refractivity contribution is -0.0145. The van der Waals surface area contributed by atoms with Crippen molar-refractivity contribution in [2.45, 2.75) is 52.1 Å². The molecule has 0 aliphatic heterocycles. The van der Waals surface area contributed by atoms with E-state index in [1.165, 1.54) is 0 Å². The van der Waals surface area contributed by atoms with Gasteiger partial charge in [-0.1, -0.05) is 13.8 Å². The van der Waals surface area contributed by atoms with Crippen LogP contribution in [0.4, 0.5) is 5.69 Å². The maximum absolute atomic E-state index is 11.2. The Morgan fingerprint density at radius 1 is 1.15 bits per heavy atom. The molecular formula is C17H25NO2. The summed E-state index contributed by atoms with van der Waals surface area (Å²) in [6.07, 6.45) is 3.82. The minimum atomic E-state index is -0.602. The van der Waals surface area contributed by atoms with Gasteiger partial charge in [0.25, 0.3) is 0 Å². The van der Waals surface area contributed by atoms with Gasteiger partial charge < -0.3 is 10.4 Å². The molecule has 0 heterocycles. The number of carbonyl (C=O) groups excluding carboxylic acids is 1. The van der Waals surface area contributed by atoms with Crippen LogP contribution >= 0.6 is 0 Å². The second-order valence-corrected chi connectivity index (χ2v) is 6.88. The molecule has 1 aliphatic carbocycles. The predicted molar refractivity (Wildman–Crippen MR) is 82.1 cm³/mol. The lowest BCUT2D eigenvalue weighted by atomic mass is 9.71. The van der Waals surface area contributed by atoms with Gasteiger partial charge in [0.1, 0.15) is 0 Å². The molecule has 3 heteroatoms. The van der Waals surface area contributed by atoms with E-state index in [4.69, 9.17) is 0 Å². The van der Waals surface area contributed by atoms with Crippen LogP contribution in [0, 0.1) is 5.41 Å². The molecule has 20 heavy (non-hydrogen) atoms. The molecule has 2 N–H and O–H groups in total. The highest BCUT2D eigenvalue weighted by Gasteiger charge is 2.36. The third-order valence-corrected chi connectivity index (χ3v) is 4.45. The monoisotopic (exact) mass is 275 g/mol. The molecule has 0 spiro atoms. The first kappa shape index (κ1) is 15.0. The molecule has 110 valence electrons. The van der Waals surface area contributed by atoms with E-state index in [2.05, 4.69) is 19.2 Å². The molecule has 0 aromatic heterocycles. The van der Waals surface area contributed by atoms with Gasteiger partial charge in [-0.15, -0.1) is 0 Å². The highest BCUT2D eigenvalue weighted by atomic mass is 16.3. The summed E-state index contributed by atoms with van der Waals surface area (Å²) in [6, 6.07) is 7.43. The number of rotatable bonds is 4. The summed E-state index contributed by atoms with van der Waals surface area (Å²) in [5.41, 5.74) is 1.42. The Kier molecular flexibility index (Phi) is 4.19. The Morgan fingerprint density at radius 2 is 1.70 bits per heavy atom. The van der Waals surface area contributed by atoms with Crippen LogP contribution in [0.5, 0.6) is 0 Å². The van der Waals surface area contributed by atoms with Crippen molar-refractivity contribution in [3.05, 3.63) is 29.8 Å². The Bertz CT molecular complexity index is 466. The molecule has 2 rings (SSSR count). The lowest BCUT2D eigenvalue weighted by Gasteiger charge is -2.40. The normalized spacial score (nSPS) is 20.4. The van der Waals surface area contributed by atoms with Crippen LogP contribution in [0.25, 0.3) is 0 Å². The van der Waals surface area contributed by atoms with Gasteiger partial charge in [0.05, 0.1) is 5.60 Å². The van der Waals surface area contributed by atoms with Crippen molar-refractivity contribution in [2.75, 3.05) is 11.9 Å². The fourth-order valence-electron chi connectivity index (χ4n) is 2.66. The van der Waals surface area contributed by atoms with Crippen LogP contribution in [0.1, 0.15) is 56.8 Å². The maximum Gasteiger partial charge on any atom is 0.159 e. The van der Waals surface area contributed by atoms with Gasteiger partial charge in [0, 0.05) is 17.8 Å². The first-order chi connectivity index (χ1) is 9.30. The van der Waals surface area contributed by atoms with Crippen molar-refractivity contribution in [1.82, 2.24) is 0 Å². The number of anilines is 1. The zero-order valence-corrected chi connectivity index (χ0v) is 12.7. The van der Waals surface area contributed by atoms with E-state index in [9.17, 15) is 9.90 Å². The van der Waals surface area contributed by atoms with Gasteiger partial charge in [0.2, 0.25) is 0 Å². The molecule has 0 bridgehead atoms. The fourth-order valence-corrected chi connectivity index (χ4v) is 2.66. The Balaban J connectivity index is 1.90. The molecule has 1 aromatic carbocycles. The van der Waals surface area contributed by atoms with Crippen molar-refractivity contribution >= 4 is 11.5 Å². The third kappa shape index (κ3) is 3.83. The molecule has 0 unspecified atom stereocenters. The number of Topliss-reactive ketones (excluding diaryl/α,β-unsaturated/α-hetero) is 1. The Morgan fingerprint density at radius 3 is 2.20 bits per heavy atom. The number of aliphatic hydroxyl groups is 1. The Hall–Kier alpha value is -1.35. The van der Waals surface area contributed by atoms with Crippen molar-refractivity contribution in [3.63, 3.8) is 0 Å². The summed E-state index contributed by atoms with van der Waals surface area (Å²) in [6.45, 7) is 6.67. The van der Waals surface area contributed by atoms with Crippen LogP contribution in [0.15, 0.2) is 24.3 Å². The summed E-state index contributed by atoms with van der Waals surface area (Å²) >= 11 is 0.